The lowest BCUT2D eigenvalue weighted by Gasteiger charge is -2.38. The van der Waals surface area contributed by atoms with E-state index in [1.54, 1.807) is 24.1 Å². The van der Waals surface area contributed by atoms with Crippen LogP contribution in [-0.2, 0) is 4.74 Å². The van der Waals surface area contributed by atoms with Crippen LogP contribution in [0.4, 0.5) is 4.39 Å². The lowest BCUT2D eigenvalue weighted by molar-refractivity contribution is 0.0499. The Hall–Kier alpha value is -2.22. The number of ether oxygens (including phenoxy) is 1. The van der Waals surface area contributed by atoms with E-state index in [9.17, 15) is 14.0 Å². The summed E-state index contributed by atoms with van der Waals surface area (Å²) in [7, 11) is 0. The van der Waals surface area contributed by atoms with Crippen molar-refractivity contribution in [1.82, 2.24) is 9.47 Å². The third-order valence-corrected chi connectivity index (χ3v) is 6.28. The second-order valence-electron chi connectivity index (χ2n) is 8.19. The molecule has 30 heavy (non-hydrogen) atoms. The molecular weight excluding hydrogens is 409 g/mol. The first-order valence-electron chi connectivity index (χ1n) is 10.0. The molecule has 1 unspecified atom stereocenters. The van der Waals surface area contributed by atoms with Crippen molar-refractivity contribution in [3.05, 3.63) is 63.8 Å². The monoisotopic (exact) mass is 435 g/mol. The second kappa shape index (κ2) is 8.88. The van der Waals surface area contributed by atoms with Gasteiger partial charge in [-0.05, 0) is 67.5 Å². The Bertz CT molecular complexity index is 969. The summed E-state index contributed by atoms with van der Waals surface area (Å²) < 4.78 is 20.4. The summed E-state index contributed by atoms with van der Waals surface area (Å²) in [6.45, 7) is 4.19. The van der Waals surface area contributed by atoms with Crippen LogP contribution in [0.2, 0.25) is 0 Å². The molecule has 1 atom stereocenters. The fraction of sp³-hybridized carbons (Fsp3) is 0.455. The van der Waals surface area contributed by atoms with Crippen molar-refractivity contribution in [3.8, 4) is 5.69 Å². The summed E-state index contributed by atoms with van der Waals surface area (Å²) >= 11 is 0. The molecule has 1 amide bonds. The van der Waals surface area contributed by atoms with Gasteiger partial charge in [0, 0.05) is 31.5 Å². The van der Waals surface area contributed by atoms with Gasteiger partial charge >= 0.3 is 0 Å². The number of likely N-dealkylation sites (tertiary alicyclic amines) is 1. The van der Waals surface area contributed by atoms with E-state index in [2.05, 4.69) is 0 Å². The smallest absolute Gasteiger partial charge is 0.268 e. The van der Waals surface area contributed by atoms with Gasteiger partial charge in [0.05, 0.1) is 12.7 Å². The Morgan fingerprint density at radius 1 is 1.23 bits per heavy atom. The molecule has 2 N–H and O–H groups in total. The predicted molar refractivity (Wildman–Crippen MR) is 115 cm³/mol. The number of carbonyl (C=O) groups is 1. The Morgan fingerprint density at radius 3 is 2.50 bits per heavy atom. The van der Waals surface area contributed by atoms with Crippen LogP contribution in [0, 0.1) is 18.2 Å². The highest BCUT2D eigenvalue weighted by molar-refractivity contribution is 5.95. The van der Waals surface area contributed by atoms with Crippen LogP contribution >= 0.6 is 12.4 Å². The highest BCUT2D eigenvalue weighted by Crippen LogP contribution is 2.41. The van der Waals surface area contributed by atoms with Crippen LogP contribution in [0.15, 0.2) is 41.3 Å². The van der Waals surface area contributed by atoms with Gasteiger partial charge in [-0.1, -0.05) is 0 Å². The molecule has 2 aliphatic heterocycles. The zero-order valence-electron chi connectivity index (χ0n) is 17.0. The molecule has 0 bridgehead atoms. The van der Waals surface area contributed by atoms with Crippen molar-refractivity contribution in [2.75, 3.05) is 26.2 Å². The topological polar surface area (TPSA) is 77.6 Å². The number of halogens is 2. The Labute approximate surface area is 181 Å². The Kier molecular flexibility index (Phi) is 6.65. The molecule has 6 nitrogen and oxygen atoms in total. The molecule has 0 aliphatic carbocycles. The van der Waals surface area contributed by atoms with Gasteiger partial charge in [-0.15, -0.1) is 12.4 Å². The molecule has 2 aromatic rings. The number of carbonyl (C=O) groups excluding carboxylic acids is 1. The van der Waals surface area contributed by atoms with E-state index < -0.39 is 0 Å². The quantitative estimate of drug-likeness (QED) is 0.804. The Morgan fingerprint density at radius 2 is 1.90 bits per heavy atom. The largest absolute Gasteiger partial charge is 0.376 e. The van der Waals surface area contributed by atoms with Crippen LogP contribution in [0.25, 0.3) is 5.69 Å². The minimum Gasteiger partial charge on any atom is -0.376 e. The number of aromatic nitrogens is 1. The molecule has 1 aromatic carbocycles. The minimum atomic E-state index is -0.380. The van der Waals surface area contributed by atoms with E-state index in [0.29, 0.717) is 37.5 Å². The van der Waals surface area contributed by atoms with Crippen molar-refractivity contribution in [2.45, 2.75) is 32.3 Å². The first kappa shape index (κ1) is 22.5. The van der Waals surface area contributed by atoms with Gasteiger partial charge in [0.15, 0.2) is 0 Å². The summed E-state index contributed by atoms with van der Waals surface area (Å²) in [5, 5.41) is 0. The van der Waals surface area contributed by atoms with Gasteiger partial charge in [-0.3, -0.25) is 14.2 Å². The molecule has 4 rings (SSSR count). The van der Waals surface area contributed by atoms with Gasteiger partial charge in [0.2, 0.25) is 0 Å². The average Bonchev–Trinajstić information content (AvgIpc) is 3.12. The molecule has 2 aliphatic rings. The molecule has 162 valence electrons. The molecule has 3 heterocycles. The predicted octanol–water partition coefficient (Wildman–Crippen LogP) is 2.68. The van der Waals surface area contributed by atoms with E-state index in [1.165, 1.54) is 28.8 Å². The molecule has 2 fully saturated rings. The van der Waals surface area contributed by atoms with Crippen molar-refractivity contribution in [2.24, 2.45) is 11.1 Å². The minimum absolute atomic E-state index is 0. The highest BCUT2D eigenvalue weighted by atomic mass is 35.5. The summed E-state index contributed by atoms with van der Waals surface area (Å²) in [6.07, 6.45) is 4.38. The summed E-state index contributed by atoms with van der Waals surface area (Å²) in [5.41, 5.74) is 6.80. The van der Waals surface area contributed by atoms with Crippen molar-refractivity contribution in [1.29, 1.82) is 0 Å². The van der Waals surface area contributed by atoms with Crippen LogP contribution in [0.1, 0.15) is 35.2 Å². The molecule has 1 spiro atoms. The molecular formula is C22H27ClFN3O3. The van der Waals surface area contributed by atoms with E-state index in [0.717, 1.165) is 19.3 Å². The summed E-state index contributed by atoms with van der Waals surface area (Å²) in [4.78, 5) is 28.0. The molecule has 0 saturated carbocycles. The third-order valence-electron chi connectivity index (χ3n) is 6.28. The SMILES string of the molecule is Cc1ccn(-c2ccc(F)cc2)c(=O)c1C(=O)N1CCC2(CC1)COC(CN)C2.Cl. The van der Waals surface area contributed by atoms with E-state index in [1.807, 2.05) is 0 Å². The van der Waals surface area contributed by atoms with Crippen LogP contribution in [0.3, 0.4) is 0 Å². The number of pyridine rings is 1. The maximum atomic E-state index is 13.2. The number of piperidine rings is 1. The van der Waals surface area contributed by atoms with Crippen molar-refractivity contribution < 1.29 is 13.9 Å². The standard InChI is InChI=1S/C22H26FN3O3.ClH/c1-15-6-9-26(17-4-2-16(23)3-5-17)21(28)19(15)20(27)25-10-7-22(8-11-25)12-18(13-24)29-14-22;/h2-6,9,18H,7-8,10-14,24H2,1H3;1H. The number of amides is 1. The average molecular weight is 436 g/mol. The van der Waals surface area contributed by atoms with Gasteiger partial charge in [0.25, 0.3) is 11.5 Å². The molecule has 1 aromatic heterocycles. The normalized spacial score (nSPS) is 20.2. The number of nitrogens with zero attached hydrogens (tertiary/aromatic N) is 2. The maximum Gasteiger partial charge on any atom is 0.268 e. The van der Waals surface area contributed by atoms with Gasteiger partial charge in [-0.25, -0.2) is 4.39 Å². The van der Waals surface area contributed by atoms with Crippen LogP contribution in [-0.4, -0.2) is 47.7 Å². The van der Waals surface area contributed by atoms with Crippen LogP contribution in [0.5, 0.6) is 0 Å². The fourth-order valence-electron chi connectivity index (χ4n) is 4.43. The van der Waals surface area contributed by atoms with Gasteiger partial charge < -0.3 is 15.4 Å². The van der Waals surface area contributed by atoms with E-state index >= 15 is 0 Å². The first-order valence-corrected chi connectivity index (χ1v) is 10.0. The third kappa shape index (κ3) is 4.15. The molecule has 2 saturated heterocycles. The number of hydrogen-bond acceptors (Lipinski definition) is 4. The lowest BCUT2D eigenvalue weighted by Crippen LogP contribution is -2.45. The van der Waals surface area contributed by atoms with Gasteiger partial charge in [-0.2, -0.15) is 0 Å². The zero-order valence-corrected chi connectivity index (χ0v) is 17.8. The summed E-state index contributed by atoms with van der Waals surface area (Å²) in [5.74, 6) is -0.617. The maximum absolute atomic E-state index is 13.2. The number of aryl methyl sites for hydroxylation is 1. The number of rotatable bonds is 3. The van der Waals surface area contributed by atoms with Crippen molar-refractivity contribution >= 4 is 18.3 Å². The fourth-order valence-corrected chi connectivity index (χ4v) is 4.43. The molecule has 8 heteroatoms. The van der Waals surface area contributed by atoms with Crippen molar-refractivity contribution in [3.63, 3.8) is 0 Å². The highest BCUT2D eigenvalue weighted by Gasteiger charge is 2.43. The number of hydrogen-bond donors (Lipinski definition) is 1. The van der Waals surface area contributed by atoms with E-state index in [4.69, 9.17) is 10.5 Å². The number of benzene rings is 1. The van der Waals surface area contributed by atoms with Gasteiger partial charge in [0.1, 0.15) is 11.4 Å². The van der Waals surface area contributed by atoms with E-state index in [-0.39, 0.29) is 46.8 Å². The zero-order chi connectivity index (χ0) is 20.6. The summed E-state index contributed by atoms with van der Waals surface area (Å²) in [6, 6.07) is 7.40. The molecule has 0 radical (unpaired) electrons. The number of nitrogens with two attached hydrogens (primary N) is 1. The first-order chi connectivity index (χ1) is 13.9. The van der Waals surface area contributed by atoms with Crippen LogP contribution < -0.4 is 11.3 Å². The lowest BCUT2D eigenvalue weighted by atomic mass is 9.76. The Balaban J connectivity index is 0.00000256. The second-order valence-corrected chi connectivity index (χ2v) is 8.19.